The molecule has 1 atom stereocenters. The molecule has 132 valence electrons. The number of hydrogen-bond donors (Lipinski definition) is 1. The van der Waals surface area contributed by atoms with Crippen molar-refractivity contribution in [3.8, 4) is 0 Å². The third-order valence-electron chi connectivity index (χ3n) is 4.66. The molecule has 1 N–H and O–H groups in total. The van der Waals surface area contributed by atoms with E-state index < -0.39 is 0 Å². The van der Waals surface area contributed by atoms with Gasteiger partial charge in [-0.2, -0.15) is 0 Å². The van der Waals surface area contributed by atoms with Crippen LogP contribution in [0.1, 0.15) is 111 Å². The molecule has 0 heterocycles. The summed E-state index contributed by atoms with van der Waals surface area (Å²) in [4.78, 5) is 11.6. The first-order valence-electron chi connectivity index (χ1n) is 9.97. The Morgan fingerprint density at radius 2 is 1.32 bits per heavy atom. The van der Waals surface area contributed by atoms with E-state index in [4.69, 9.17) is 0 Å². The van der Waals surface area contributed by atoms with Gasteiger partial charge in [-0.05, 0) is 18.8 Å². The van der Waals surface area contributed by atoms with E-state index in [1.165, 1.54) is 70.6 Å². The minimum absolute atomic E-state index is 0.243. The van der Waals surface area contributed by atoms with Crippen molar-refractivity contribution in [3.05, 3.63) is 0 Å². The monoisotopic (exact) mass is 311 g/mol. The van der Waals surface area contributed by atoms with Crippen molar-refractivity contribution in [3.63, 3.8) is 0 Å². The summed E-state index contributed by atoms with van der Waals surface area (Å²) in [5.41, 5.74) is 0. The molecule has 0 fully saturated rings. The van der Waals surface area contributed by atoms with Crippen molar-refractivity contribution in [2.24, 2.45) is 5.92 Å². The fraction of sp³-hybridized carbons (Fsp3) is 0.950. The lowest BCUT2D eigenvalue weighted by Crippen LogP contribution is -2.24. The number of carbonyl (C=O) groups excluding carboxylic acids is 1. The second-order valence-corrected chi connectivity index (χ2v) is 6.94. The lowest BCUT2D eigenvalue weighted by molar-refractivity contribution is -0.121. The van der Waals surface area contributed by atoms with Crippen LogP contribution in [0.3, 0.4) is 0 Å². The van der Waals surface area contributed by atoms with E-state index in [2.05, 4.69) is 26.1 Å². The molecule has 0 rings (SSSR count). The van der Waals surface area contributed by atoms with Gasteiger partial charge in [0.05, 0.1) is 0 Å². The maximum atomic E-state index is 11.6. The Morgan fingerprint density at radius 1 is 0.818 bits per heavy atom. The third-order valence-corrected chi connectivity index (χ3v) is 4.66. The maximum Gasteiger partial charge on any atom is 0.220 e. The first-order chi connectivity index (χ1) is 10.7. The zero-order valence-electron chi connectivity index (χ0n) is 15.6. The highest BCUT2D eigenvalue weighted by Crippen LogP contribution is 2.11. The van der Waals surface area contributed by atoms with Crippen LogP contribution in [0.2, 0.25) is 0 Å². The molecule has 0 aromatic heterocycles. The highest BCUT2D eigenvalue weighted by molar-refractivity contribution is 5.75. The van der Waals surface area contributed by atoms with Crippen LogP contribution < -0.4 is 5.32 Å². The van der Waals surface area contributed by atoms with E-state index in [1.54, 1.807) is 0 Å². The summed E-state index contributed by atoms with van der Waals surface area (Å²) in [5, 5.41) is 3.05. The topological polar surface area (TPSA) is 29.1 Å². The average Bonchev–Trinajstić information content (AvgIpc) is 2.53. The molecule has 22 heavy (non-hydrogen) atoms. The number of carbonyl (C=O) groups is 1. The van der Waals surface area contributed by atoms with E-state index in [-0.39, 0.29) is 5.91 Å². The Morgan fingerprint density at radius 3 is 1.82 bits per heavy atom. The van der Waals surface area contributed by atoms with Crippen LogP contribution >= 0.6 is 0 Å². The van der Waals surface area contributed by atoms with Gasteiger partial charge in [-0.1, -0.05) is 91.4 Å². The predicted octanol–water partition coefficient (Wildman–Crippen LogP) is 6.24. The quantitative estimate of drug-likeness (QED) is 0.336. The Hall–Kier alpha value is -0.530. The number of hydrogen-bond acceptors (Lipinski definition) is 1. The van der Waals surface area contributed by atoms with Gasteiger partial charge >= 0.3 is 0 Å². The summed E-state index contributed by atoms with van der Waals surface area (Å²) >= 11 is 0. The van der Waals surface area contributed by atoms with Crippen LogP contribution in [-0.4, -0.2) is 12.5 Å². The largest absolute Gasteiger partial charge is 0.356 e. The molecular weight excluding hydrogens is 270 g/mol. The molecule has 0 aliphatic carbocycles. The molecule has 2 heteroatoms. The highest BCUT2D eigenvalue weighted by atomic mass is 16.1. The van der Waals surface area contributed by atoms with Crippen LogP contribution in [0.25, 0.3) is 0 Å². The van der Waals surface area contributed by atoms with Gasteiger partial charge in [-0.3, -0.25) is 4.79 Å². The molecular formula is C20H41NO. The molecule has 0 saturated carbocycles. The van der Waals surface area contributed by atoms with Crippen LogP contribution in [0.5, 0.6) is 0 Å². The van der Waals surface area contributed by atoms with E-state index >= 15 is 0 Å². The highest BCUT2D eigenvalue weighted by Gasteiger charge is 2.04. The molecule has 0 saturated heterocycles. The first kappa shape index (κ1) is 21.5. The summed E-state index contributed by atoms with van der Waals surface area (Å²) in [5.74, 6) is 0.917. The molecule has 0 aliphatic heterocycles. The molecule has 1 unspecified atom stereocenters. The Kier molecular flexibility index (Phi) is 16.4. The zero-order chi connectivity index (χ0) is 16.5. The second-order valence-electron chi connectivity index (χ2n) is 6.94. The SMILES string of the molecule is CCCCCCCCCCCCCNC(=O)CCC(C)CC. The van der Waals surface area contributed by atoms with Gasteiger partial charge in [-0.25, -0.2) is 0 Å². The lowest BCUT2D eigenvalue weighted by atomic mass is 10.0. The van der Waals surface area contributed by atoms with E-state index in [9.17, 15) is 4.79 Å². The van der Waals surface area contributed by atoms with Crippen molar-refractivity contribution in [1.29, 1.82) is 0 Å². The summed E-state index contributed by atoms with van der Waals surface area (Å²) < 4.78 is 0. The van der Waals surface area contributed by atoms with Crippen LogP contribution in [-0.2, 0) is 4.79 Å². The van der Waals surface area contributed by atoms with Crippen molar-refractivity contribution in [1.82, 2.24) is 5.32 Å². The number of rotatable bonds is 16. The van der Waals surface area contributed by atoms with Crippen molar-refractivity contribution >= 4 is 5.91 Å². The third kappa shape index (κ3) is 15.9. The number of amides is 1. The average molecular weight is 312 g/mol. The zero-order valence-corrected chi connectivity index (χ0v) is 15.6. The van der Waals surface area contributed by atoms with E-state index in [0.29, 0.717) is 12.3 Å². The minimum Gasteiger partial charge on any atom is -0.356 e. The van der Waals surface area contributed by atoms with Gasteiger partial charge in [0, 0.05) is 13.0 Å². The van der Waals surface area contributed by atoms with E-state index in [0.717, 1.165) is 19.4 Å². The predicted molar refractivity (Wildman–Crippen MR) is 98.2 cm³/mol. The summed E-state index contributed by atoms with van der Waals surface area (Å²) in [6.07, 6.45) is 17.8. The van der Waals surface area contributed by atoms with Crippen LogP contribution in [0, 0.1) is 5.92 Å². The van der Waals surface area contributed by atoms with Crippen molar-refractivity contribution in [2.45, 2.75) is 111 Å². The van der Waals surface area contributed by atoms with Gasteiger partial charge in [0.1, 0.15) is 0 Å². The molecule has 0 aromatic rings. The van der Waals surface area contributed by atoms with Crippen LogP contribution in [0.15, 0.2) is 0 Å². The summed E-state index contributed by atoms with van der Waals surface area (Å²) in [6.45, 7) is 7.55. The number of unbranched alkanes of at least 4 members (excludes halogenated alkanes) is 10. The lowest BCUT2D eigenvalue weighted by Gasteiger charge is -2.08. The molecule has 0 aromatic carbocycles. The van der Waals surface area contributed by atoms with Gasteiger partial charge < -0.3 is 5.32 Å². The smallest absolute Gasteiger partial charge is 0.220 e. The minimum atomic E-state index is 0.243. The molecule has 0 aliphatic rings. The maximum absolute atomic E-state index is 11.6. The molecule has 0 radical (unpaired) electrons. The van der Waals surface area contributed by atoms with E-state index in [1.807, 2.05) is 0 Å². The summed E-state index contributed by atoms with van der Waals surface area (Å²) in [7, 11) is 0. The van der Waals surface area contributed by atoms with Crippen LogP contribution in [0.4, 0.5) is 0 Å². The first-order valence-corrected chi connectivity index (χ1v) is 9.97. The fourth-order valence-corrected chi connectivity index (χ4v) is 2.69. The van der Waals surface area contributed by atoms with Gasteiger partial charge in [0.15, 0.2) is 0 Å². The fourth-order valence-electron chi connectivity index (χ4n) is 2.69. The number of nitrogens with one attached hydrogen (secondary N) is 1. The van der Waals surface area contributed by atoms with Gasteiger partial charge in [0.2, 0.25) is 5.91 Å². The van der Waals surface area contributed by atoms with Gasteiger partial charge in [-0.15, -0.1) is 0 Å². The summed E-state index contributed by atoms with van der Waals surface area (Å²) in [6, 6.07) is 0. The Balaban J connectivity index is 3.15. The normalized spacial score (nSPS) is 12.3. The van der Waals surface area contributed by atoms with Crippen molar-refractivity contribution in [2.75, 3.05) is 6.54 Å². The Labute approximate surface area is 139 Å². The molecule has 2 nitrogen and oxygen atoms in total. The molecule has 1 amide bonds. The second kappa shape index (κ2) is 16.8. The van der Waals surface area contributed by atoms with Gasteiger partial charge in [0.25, 0.3) is 0 Å². The van der Waals surface area contributed by atoms with Crippen molar-refractivity contribution < 1.29 is 4.79 Å². The molecule has 0 bridgehead atoms. The molecule has 0 spiro atoms. The standard InChI is InChI=1S/C20H41NO/c1-4-6-7-8-9-10-11-12-13-14-15-18-21-20(22)17-16-19(3)5-2/h19H,4-18H2,1-3H3,(H,21,22). The Bertz CT molecular complexity index is 240.